The minimum absolute atomic E-state index is 0.791. The predicted molar refractivity (Wildman–Crippen MR) is 165 cm³/mol. The fraction of sp³-hybridized carbons (Fsp3) is 0.235. The predicted octanol–water partition coefficient (Wildman–Crippen LogP) is 7.30. The first-order chi connectivity index (χ1) is 19.8. The number of anilines is 1. The number of fused-ring (bicyclic) bond motifs is 3. The summed E-state index contributed by atoms with van der Waals surface area (Å²) in [4.78, 5) is 6.28. The average Bonchev–Trinajstić information content (AvgIpc) is 3.70. The fourth-order valence-electron chi connectivity index (χ4n) is 6.18. The van der Waals surface area contributed by atoms with Crippen LogP contribution < -0.4 is 4.90 Å². The molecule has 2 aliphatic rings. The lowest BCUT2D eigenvalue weighted by Gasteiger charge is -2.34. The summed E-state index contributed by atoms with van der Waals surface area (Å²) in [5, 5.41) is 11.3. The van der Waals surface area contributed by atoms with Gasteiger partial charge in [0, 0.05) is 19.6 Å². The van der Waals surface area contributed by atoms with Crippen LogP contribution in [0.3, 0.4) is 0 Å². The molecule has 0 N–H and O–H groups in total. The van der Waals surface area contributed by atoms with E-state index in [1.807, 2.05) is 0 Å². The third-order valence-electron chi connectivity index (χ3n) is 8.11. The lowest BCUT2D eigenvalue weighted by molar-refractivity contribution is 0.254. The molecule has 0 amide bonds. The topological polar surface area (TPSA) is 37.2 Å². The van der Waals surface area contributed by atoms with E-state index < -0.39 is 0 Å². The second-order valence-electron chi connectivity index (χ2n) is 10.6. The summed E-state index contributed by atoms with van der Waals surface area (Å²) >= 11 is 1.71. The van der Waals surface area contributed by atoms with Gasteiger partial charge < -0.3 is 9.80 Å². The van der Waals surface area contributed by atoms with Crippen LogP contribution in [0.25, 0.3) is 22.0 Å². The van der Waals surface area contributed by atoms with Crippen molar-refractivity contribution in [2.24, 2.45) is 0 Å². The molecule has 6 heteroatoms. The van der Waals surface area contributed by atoms with E-state index in [1.54, 1.807) is 16.9 Å². The highest BCUT2D eigenvalue weighted by Gasteiger charge is 2.27. The van der Waals surface area contributed by atoms with Gasteiger partial charge in [-0.3, -0.25) is 4.57 Å². The highest BCUT2D eigenvalue weighted by Crippen LogP contribution is 2.36. The number of nitrogens with zero attached hydrogens (tertiary/aromatic N) is 5. The van der Waals surface area contributed by atoms with Crippen LogP contribution in [0.1, 0.15) is 36.2 Å². The molecular formula is C34H33N5S. The molecule has 40 heavy (non-hydrogen) atoms. The summed E-state index contributed by atoms with van der Waals surface area (Å²) < 4.78 is 2.24. The Kier molecular flexibility index (Phi) is 7.02. The quantitative estimate of drug-likeness (QED) is 0.216. The molecule has 0 atom stereocenters. The molecule has 7 rings (SSSR count). The molecule has 3 aromatic carbocycles. The molecule has 2 aliphatic heterocycles. The van der Waals surface area contributed by atoms with Crippen LogP contribution in [-0.2, 0) is 6.54 Å². The van der Waals surface area contributed by atoms with Crippen LogP contribution in [0.4, 0.5) is 5.69 Å². The Balaban J connectivity index is 1.02. The van der Waals surface area contributed by atoms with Crippen molar-refractivity contribution >= 4 is 22.6 Å². The molecule has 0 aliphatic carbocycles. The van der Waals surface area contributed by atoms with Gasteiger partial charge >= 0.3 is 0 Å². The van der Waals surface area contributed by atoms with E-state index in [2.05, 4.69) is 127 Å². The molecule has 1 fully saturated rings. The summed E-state index contributed by atoms with van der Waals surface area (Å²) in [5.41, 5.74) is 8.12. The van der Waals surface area contributed by atoms with E-state index >= 15 is 0 Å². The minimum Gasteiger partial charge on any atom is -0.362 e. The SMILES string of the molecule is c1ccc(C(=C2CCN(CCCN3Cc4nnc(-c5cccs5)n4-c4ccccc43)CC2)c2ccccc2)cc1. The van der Waals surface area contributed by atoms with Gasteiger partial charge in [0.25, 0.3) is 0 Å². The number of aromatic nitrogens is 3. The number of para-hydroxylation sites is 2. The van der Waals surface area contributed by atoms with Crippen LogP contribution >= 0.6 is 11.3 Å². The standard InChI is InChI=1S/C34H33N5S/c1-3-11-26(12-4-1)33(27-13-5-2-6-14-27)28-18-22-37(23-19-28)20-10-21-38-25-32-35-36-34(31-17-9-24-40-31)39(32)30-16-8-7-15-29(30)38/h1-9,11-17,24H,10,18-23,25H2. The molecule has 1 saturated heterocycles. The molecule has 5 aromatic rings. The average molecular weight is 544 g/mol. The molecule has 4 heterocycles. The maximum atomic E-state index is 4.60. The lowest BCUT2D eigenvalue weighted by atomic mass is 9.88. The first-order valence-electron chi connectivity index (χ1n) is 14.2. The molecule has 5 nitrogen and oxygen atoms in total. The van der Waals surface area contributed by atoms with Gasteiger partial charge in [-0.2, -0.15) is 0 Å². The molecule has 200 valence electrons. The van der Waals surface area contributed by atoms with E-state index in [-0.39, 0.29) is 0 Å². The van der Waals surface area contributed by atoms with Gasteiger partial charge in [-0.15, -0.1) is 21.5 Å². The summed E-state index contributed by atoms with van der Waals surface area (Å²) in [5.74, 6) is 1.96. The van der Waals surface area contributed by atoms with E-state index in [0.717, 1.165) is 68.5 Å². The second-order valence-corrected chi connectivity index (χ2v) is 11.5. The highest BCUT2D eigenvalue weighted by atomic mass is 32.1. The summed E-state index contributed by atoms with van der Waals surface area (Å²) in [6.45, 7) is 5.16. The van der Waals surface area contributed by atoms with E-state index in [0.29, 0.717) is 0 Å². The van der Waals surface area contributed by atoms with Crippen molar-refractivity contribution in [1.29, 1.82) is 0 Å². The normalized spacial score (nSPS) is 15.1. The molecule has 0 saturated carbocycles. The Bertz CT molecular complexity index is 1550. The zero-order chi connectivity index (χ0) is 26.7. The number of hydrogen-bond donors (Lipinski definition) is 0. The van der Waals surface area contributed by atoms with E-state index in [4.69, 9.17) is 0 Å². The maximum Gasteiger partial charge on any atom is 0.178 e. The zero-order valence-electron chi connectivity index (χ0n) is 22.6. The molecule has 0 unspecified atom stereocenters. The summed E-state index contributed by atoms with van der Waals surface area (Å²) in [6.07, 6.45) is 3.38. The van der Waals surface area contributed by atoms with Gasteiger partial charge in [-0.25, -0.2) is 0 Å². The van der Waals surface area contributed by atoms with E-state index in [1.165, 1.54) is 28.1 Å². The Morgan fingerprint density at radius 1 is 0.700 bits per heavy atom. The van der Waals surface area contributed by atoms with Crippen molar-refractivity contribution in [1.82, 2.24) is 19.7 Å². The van der Waals surface area contributed by atoms with Gasteiger partial charge in [0.2, 0.25) is 0 Å². The van der Waals surface area contributed by atoms with Gasteiger partial charge in [0.1, 0.15) is 0 Å². The van der Waals surface area contributed by atoms with Crippen LogP contribution in [0.15, 0.2) is 108 Å². The number of thiophene rings is 1. The number of rotatable bonds is 7. The molecule has 0 spiro atoms. The zero-order valence-corrected chi connectivity index (χ0v) is 23.4. The maximum absolute atomic E-state index is 4.60. The minimum atomic E-state index is 0.791. The monoisotopic (exact) mass is 543 g/mol. The van der Waals surface area contributed by atoms with Gasteiger partial charge in [0.05, 0.1) is 22.8 Å². The van der Waals surface area contributed by atoms with Crippen molar-refractivity contribution in [2.45, 2.75) is 25.8 Å². The van der Waals surface area contributed by atoms with Crippen LogP contribution in [0.5, 0.6) is 0 Å². The first-order valence-corrected chi connectivity index (χ1v) is 15.1. The fourth-order valence-corrected chi connectivity index (χ4v) is 6.88. The van der Waals surface area contributed by atoms with Crippen LogP contribution in [0.2, 0.25) is 0 Å². The number of hydrogen-bond acceptors (Lipinski definition) is 5. The Morgan fingerprint density at radius 2 is 1.38 bits per heavy atom. The molecule has 0 bridgehead atoms. The third-order valence-corrected chi connectivity index (χ3v) is 8.97. The Hall–Kier alpha value is -4.00. The Labute approximate surface area is 240 Å². The number of likely N-dealkylation sites (tertiary alicyclic amines) is 1. The van der Waals surface area contributed by atoms with Crippen molar-refractivity contribution in [2.75, 3.05) is 31.1 Å². The van der Waals surface area contributed by atoms with Crippen molar-refractivity contribution in [3.05, 3.63) is 125 Å². The van der Waals surface area contributed by atoms with Gasteiger partial charge in [-0.05, 0) is 66.1 Å². The van der Waals surface area contributed by atoms with Gasteiger partial charge in [0.15, 0.2) is 11.6 Å². The lowest BCUT2D eigenvalue weighted by Crippen LogP contribution is -2.35. The molecular weight excluding hydrogens is 510 g/mol. The molecule has 2 aromatic heterocycles. The van der Waals surface area contributed by atoms with Crippen LogP contribution in [0, 0.1) is 0 Å². The van der Waals surface area contributed by atoms with Crippen molar-refractivity contribution in [3.8, 4) is 16.4 Å². The van der Waals surface area contributed by atoms with E-state index in [9.17, 15) is 0 Å². The van der Waals surface area contributed by atoms with Crippen molar-refractivity contribution < 1.29 is 0 Å². The smallest absolute Gasteiger partial charge is 0.178 e. The third kappa shape index (κ3) is 4.89. The first kappa shape index (κ1) is 25.0. The number of piperidine rings is 1. The largest absolute Gasteiger partial charge is 0.362 e. The van der Waals surface area contributed by atoms with Gasteiger partial charge in [-0.1, -0.05) is 84.4 Å². The Morgan fingerprint density at radius 3 is 2.05 bits per heavy atom. The highest BCUT2D eigenvalue weighted by molar-refractivity contribution is 7.13. The second kappa shape index (κ2) is 11.2. The number of benzene rings is 3. The van der Waals surface area contributed by atoms with Crippen LogP contribution in [-0.4, -0.2) is 45.8 Å². The summed E-state index contributed by atoms with van der Waals surface area (Å²) in [6, 6.07) is 34.7. The summed E-state index contributed by atoms with van der Waals surface area (Å²) in [7, 11) is 0. The van der Waals surface area contributed by atoms with Crippen molar-refractivity contribution in [3.63, 3.8) is 0 Å². The molecule has 0 radical (unpaired) electrons.